The van der Waals surface area contributed by atoms with Crippen molar-refractivity contribution in [1.82, 2.24) is 0 Å². The molecule has 2 aliphatic heterocycles. The minimum atomic E-state index is -4.89. The Morgan fingerprint density at radius 1 is 1.18 bits per heavy atom. The first-order valence-electron chi connectivity index (χ1n) is 7.07. The second-order valence-corrected chi connectivity index (χ2v) is 5.68. The molecule has 3 nitrogen and oxygen atoms in total. The molecule has 120 valence electrons. The molecule has 0 radical (unpaired) electrons. The monoisotopic (exact) mass is 318 g/mol. The van der Waals surface area contributed by atoms with Gasteiger partial charge in [-0.25, -0.2) is 4.39 Å². The first kappa shape index (κ1) is 15.3. The zero-order chi connectivity index (χ0) is 15.9. The van der Waals surface area contributed by atoms with Crippen LogP contribution in [0.5, 0.6) is 5.75 Å². The van der Waals surface area contributed by atoms with Crippen LogP contribution in [0, 0.1) is 11.7 Å². The van der Waals surface area contributed by atoms with E-state index in [0.29, 0.717) is 18.9 Å². The number of alkyl halides is 3. The van der Waals surface area contributed by atoms with Gasteiger partial charge in [-0.1, -0.05) is 0 Å². The van der Waals surface area contributed by atoms with Gasteiger partial charge in [0.15, 0.2) is 5.78 Å². The van der Waals surface area contributed by atoms with E-state index in [1.54, 1.807) is 0 Å². The van der Waals surface area contributed by atoms with Gasteiger partial charge in [0.2, 0.25) is 0 Å². The van der Waals surface area contributed by atoms with E-state index in [-0.39, 0.29) is 29.5 Å². The summed E-state index contributed by atoms with van der Waals surface area (Å²) in [7, 11) is 0. The summed E-state index contributed by atoms with van der Waals surface area (Å²) in [5.74, 6) is -2.38. The molecule has 3 rings (SSSR count). The number of ketones is 1. The first-order valence-corrected chi connectivity index (χ1v) is 7.07. The molecule has 0 N–H and O–H groups in total. The molecule has 2 unspecified atom stereocenters. The quantitative estimate of drug-likeness (QED) is 0.627. The number of halogens is 4. The fraction of sp³-hybridized carbons (Fsp3) is 0.533. The highest BCUT2D eigenvalue weighted by Crippen LogP contribution is 2.37. The van der Waals surface area contributed by atoms with Crippen LogP contribution in [0.25, 0.3) is 0 Å². The number of carbonyl (C=O) groups excluding carboxylic acids is 1. The van der Waals surface area contributed by atoms with E-state index in [9.17, 15) is 22.4 Å². The molecule has 1 aromatic rings. The summed E-state index contributed by atoms with van der Waals surface area (Å²) < 4.78 is 59.5. The Hall–Kier alpha value is -1.63. The Balaban J connectivity index is 1.75. The first-order chi connectivity index (χ1) is 10.3. The van der Waals surface area contributed by atoms with Crippen LogP contribution in [0.15, 0.2) is 18.2 Å². The standard InChI is InChI=1S/C15H14F4O3/c16-13-7-11(22-15(17,18)19)3-4-12(13)14(20)8-5-9-1-2-10(6-8)21-9/h3-4,7-10H,1-2,5-6H2. The predicted octanol–water partition coefficient (Wildman–Crippen LogP) is 3.86. The lowest BCUT2D eigenvalue weighted by Gasteiger charge is -2.27. The number of ether oxygens (including phenoxy) is 2. The summed E-state index contributed by atoms with van der Waals surface area (Å²) in [5, 5.41) is 0. The maximum atomic E-state index is 13.9. The summed E-state index contributed by atoms with van der Waals surface area (Å²) in [5.41, 5.74) is -0.194. The number of Topliss-reactive ketones (excluding diaryl/α,β-unsaturated/α-hetero) is 1. The average molecular weight is 318 g/mol. The van der Waals surface area contributed by atoms with Crippen molar-refractivity contribution in [3.8, 4) is 5.75 Å². The molecule has 22 heavy (non-hydrogen) atoms. The smallest absolute Gasteiger partial charge is 0.406 e. The molecule has 2 fully saturated rings. The van der Waals surface area contributed by atoms with E-state index >= 15 is 0 Å². The molecule has 2 aliphatic rings. The zero-order valence-corrected chi connectivity index (χ0v) is 11.5. The number of benzene rings is 1. The summed E-state index contributed by atoms with van der Waals surface area (Å²) in [6, 6.07) is 2.60. The van der Waals surface area contributed by atoms with Crippen molar-refractivity contribution in [1.29, 1.82) is 0 Å². The van der Waals surface area contributed by atoms with E-state index in [1.165, 1.54) is 0 Å². The van der Waals surface area contributed by atoms with Gasteiger partial charge in [0.05, 0.1) is 17.8 Å². The van der Waals surface area contributed by atoms with Gasteiger partial charge in [-0.2, -0.15) is 0 Å². The maximum Gasteiger partial charge on any atom is 0.573 e. The second-order valence-electron chi connectivity index (χ2n) is 5.68. The van der Waals surface area contributed by atoms with E-state index in [4.69, 9.17) is 4.74 Å². The van der Waals surface area contributed by atoms with E-state index in [0.717, 1.165) is 25.0 Å². The summed E-state index contributed by atoms with van der Waals surface area (Å²) >= 11 is 0. The lowest BCUT2D eigenvalue weighted by Crippen LogP contribution is -2.30. The Kier molecular flexibility index (Phi) is 3.84. The number of carbonyl (C=O) groups is 1. The van der Waals surface area contributed by atoms with E-state index in [2.05, 4.69) is 4.74 Å². The minimum Gasteiger partial charge on any atom is -0.406 e. The Bertz CT molecular complexity index is 573. The lowest BCUT2D eigenvalue weighted by atomic mass is 9.88. The Morgan fingerprint density at radius 3 is 2.36 bits per heavy atom. The van der Waals surface area contributed by atoms with E-state index < -0.39 is 17.9 Å². The Labute approximate surface area is 124 Å². The van der Waals surface area contributed by atoms with Crippen LogP contribution in [0.1, 0.15) is 36.0 Å². The molecule has 2 bridgehead atoms. The molecule has 0 aromatic heterocycles. The SMILES string of the molecule is O=C(c1ccc(OC(F)(F)F)cc1F)C1CC2CCC(C1)O2. The van der Waals surface area contributed by atoms with Crippen molar-refractivity contribution in [2.75, 3.05) is 0 Å². The van der Waals surface area contributed by atoms with Crippen molar-refractivity contribution in [2.45, 2.75) is 44.3 Å². The molecule has 2 saturated heterocycles. The molecule has 0 aliphatic carbocycles. The average Bonchev–Trinajstić information content (AvgIpc) is 2.75. The van der Waals surface area contributed by atoms with Crippen LogP contribution in [-0.4, -0.2) is 24.4 Å². The molecular formula is C15H14F4O3. The van der Waals surface area contributed by atoms with Crippen LogP contribution < -0.4 is 4.74 Å². The van der Waals surface area contributed by atoms with Crippen LogP contribution in [-0.2, 0) is 4.74 Å². The van der Waals surface area contributed by atoms with Gasteiger partial charge in [-0.3, -0.25) is 4.79 Å². The van der Waals surface area contributed by atoms with Crippen LogP contribution in [0.4, 0.5) is 17.6 Å². The van der Waals surface area contributed by atoms with Gasteiger partial charge in [0.25, 0.3) is 0 Å². The number of rotatable bonds is 3. The molecule has 2 atom stereocenters. The minimum absolute atomic E-state index is 0.0311. The van der Waals surface area contributed by atoms with Gasteiger partial charge in [-0.05, 0) is 37.8 Å². The number of hydrogen-bond acceptors (Lipinski definition) is 3. The molecule has 0 saturated carbocycles. The lowest BCUT2D eigenvalue weighted by molar-refractivity contribution is -0.274. The third-order valence-electron chi connectivity index (χ3n) is 4.10. The highest BCUT2D eigenvalue weighted by molar-refractivity contribution is 5.98. The zero-order valence-electron chi connectivity index (χ0n) is 11.5. The van der Waals surface area contributed by atoms with Crippen LogP contribution in [0.2, 0.25) is 0 Å². The molecule has 7 heteroatoms. The number of fused-ring (bicyclic) bond motifs is 2. The normalized spacial score (nSPS) is 27.7. The highest BCUT2D eigenvalue weighted by atomic mass is 19.4. The maximum absolute atomic E-state index is 13.9. The van der Waals surface area contributed by atoms with E-state index in [1.807, 2.05) is 0 Å². The van der Waals surface area contributed by atoms with Gasteiger partial charge in [0.1, 0.15) is 11.6 Å². The second kappa shape index (κ2) is 5.53. The fourth-order valence-electron chi connectivity index (χ4n) is 3.18. The topological polar surface area (TPSA) is 35.5 Å². The van der Waals surface area contributed by atoms with Crippen LogP contribution in [0.3, 0.4) is 0 Å². The molecule has 2 heterocycles. The van der Waals surface area contributed by atoms with Crippen molar-refractivity contribution < 1.29 is 31.8 Å². The van der Waals surface area contributed by atoms with Gasteiger partial charge in [-0.15, -0.1) is 13.2 Å². The number of hydrogen-bond donors (Lipinski definition) is 0. The van der Waals surface area contributed by atoms with Gasteiger partial charge in [0, 0.05) is 12.0 Å². The largest absolute Gasteiger partial charge is 0.573 e. The summed E-state index contributed by atoms with van der Waals surface area (Å²) in [6.07, 6.45) is -1.96. The fourth-order valence-corrected chi connectivity index (χ4v) is 3.18. The molecule has 1 aromatic carbocycles. The highest BCUT2D eigenvalue weighted by Gasteiger charge is 2.39. The van der Waals surface area contributed by atoms with Crippen molar-refractivity contribution >= 4 is 5.78 Å². The van der Waals surface area contributed by atoms with Crippen molar-refractivity contribution in [3.63, 3.8) is 0 Å². The van der Waals surface area contributed by atoms with Crippen LogP contribution >= 0.6 is 0 Å². The van der Waals surface area contributed by atoms with Gasteiger partial charge < -0.3 is 9.47 Å². The summed E-state index contributed by atoms with van der Waals surface area (Å²) in [4.78, 5) is 12.4. The summed E-state index contributed by atoms with van der Waals surface area (Å²) in [6.45, 7) is 0. The molecule has 0 spiro atoms. The van der Waals surface area contributed by atoms with Crippen molar-refractivity contribution in [3.05, 3.63) is 29.6 Å². The molecular weight excluding hydrogens is 304 g/mol. The van der Waals surface area contributed by atoms with Gasteiger partial charge >= 0.3 is 6.36 Å². The third kappa shape index (κ3) is 3.24. The third-order valence-corrected chi connectivity index (χ3v) is 4.10. The Morgan fingerprint density at radius 2 is 1.82 bits per heavy atom. The molecule has 0 amide bonds. The van der Waals surface area contributed by atoms with Crippen molar-refractivity contribution in [2.24, 2.45) is 5.92 Å². The predicted molar refractivity (Wildman–Crippen MR) is 68.0 cm³/mol.